The molecule has 0 aromatic carbocycles. The van der Waals surface area contributed by atoms with Gasteiger partial charge >= 0.3 is 6.09 Å². The topological polar surface area (TPSA) is 111 Å². The SMILES string of the molecule is CC(C)(C)OC(=O)NCCCCCN=C(NC#N)Nc1ccncc1. The molecular formula is C17H26N6O2. The van der Waals surface area contributed by atoms with E-state index in [1.165, 1.54) is 0 Å². The monoisotopic (exact) mass is 346 g/mol. The van der Waals surface area contributed by atoms with Crippen molar-refractivity contribution < 1.29 is 9.53 Å². The largest absolute Gasteiger partial charge is 0.444 e. The first-order chi connectivity index (χ1) is 11.9. The van der Waals surface area contributed by atoms with E-state index in [1.807, 2.05) is 27.0 Å². The lowest BCUT2D eigenvalue weighted by atomic mass is 10.2. The Labute approximate surface area is 148 Å². The molecule has 0 aliphatic rings. The van der Waals surface area contributed by atoms with E-state index in [0.717, 1.165) is 24.9 Å². The number of unbranched alkanes of at least 4 members (excludes halogenated alkanes) is 2. The van der Waals surface area contributed by atoms with E-state index in [2.05, 4.69) is 25.9 Å². The Hall–Kier alpha value is -2.82. The zero-order valence-corrected chi connectivity index (χ0v) is 15.0. The third-order valence-corrected chi connectivity index (χ3v) is 2.89. The number of aliphatic imine (C=N–C) groups is 1. The fourth-order valence-electron chi connectivity index (χ4n) is 1.84. The minimum Gasteiger partial charge on any atom is -0.444 e. The summed E-state index contributed by atoms with van der Waals surface area (Å²) in [6, 6.07) is 3.58. The van der Waals surface area contributed by atoms with Crippen molar-refractivity contribution in [3.63, 3.8) is 0 Å². The van der Waals surface area contributed by atoms with Crippen LogP contribution in [0.1, 0.15) is 40.0 Å². The number of pyridine rings is 1. The summed E-state index contributed by atoms with van der Waals surface area (Å²) < 4.78 is 5.16. The van der Waals surface area contributed by atoms with Gasteiger partial charge in [0.1, 0.15) is 5.60 Å². The van der Waals surface area contributed by atoms with Crippen LogP contribution in [0, 0.1) is 11.5 Å². The van der Waals surface area contributed by atoms with E-state index in [0.29, 0.717) is 19.0 Å². The Morgan fingerprint density at radius 3 is 2.64 bits per heavy atom. The maximum atomic E-state index is 11.5. The Balaban J connectivity index is 2.22. The molecule has 0 spiro atoms. The van der Waals surface area contributed by atoms with Gasteiger partial charge in [-0.2, -0.15) is 5.26 Å². The number of anilines is 1. The molecule has 0 fully saturated rings. The fraction of sp³-hybridized carbons (Fsp3) is 0.529. The molecule has 0 bridgehead atoms. The molecule has 0 radical (unpaired) electrons. The lowest BCUT2D eigenvalue weighted by Crippen LogP contribution is -2.33. The lowest BCUT2D eigenvalue weighted by molar-refractivity contribution is 0.0527. The Morgan fingerprint density at radius 2 is 2.00 bits per heavy atom. The first-order valence-electron chi connectivity index (χ1n) is 8.24. The van der Waals surface area contributed by atoms with Crippen molar-refractivity contribution in [1.29, 1.82) is 5.26 Å². The summed E-state index contributed by atoms with van der Waals surface area (Å²) in [6.45, 7) is 6.64. The van der Waals surface area contributed by atoms with E-state index >= 15 is 0 Å². The van der Waals surface area contributed by atoms with Crippen molar-refractivity contribution in [3.05, 3.63) is 24.5 Å². The minimum absolute atomic E-state index is 0.396. The molecule has 136 valence electrons. The molecule has 25 heavy (non-hydrogen) atoms. The van der Waals surface area contributed by atoms with Crippen LogP contribution in [0.3, 0.4) is 0 Å². The number of nitrogens with one attached hydrogen (secondary N) is 3. The average molecular weight is 346 g/mol. The predicted octanol–water partition coefficient (Wildman–Crippen LogP) is 2.62. The third kappa shape index (κ3) is 10.5. The number of aromatic nitrogens is 1. The smallest absolute Gasteiger partial charge is 0.407 e. The van der Waals surface area contributed by atoms with Crippen LogP contribution in [0.2, 0.25) is 0 Å². The fourth-order valence-corrected chi connectivity index (χ4v) is 1.84. The quantitative estimate of drug-likeness (QED) is 0.230. The molecule has 0 saturated carbocycles. The summed E-state index contributed by atoms with van der Waals surface area (Å²) >= 11 is 0. The van der Waals surface area contributed by atoms with Crippen molar-refractivity contribution >= 4 is 17.7 Å². The van der Waals surface area contributed by atoms with E-state index < -0.39 is 11.7 Å². The molecule has 0 saturated heterocycles. The summed E-state index contributed by atoms with van der Waals surface area (Å²) in [4.78, 5) is 19.7. The van der Waals surface area contributed by atoms with Crippen LogP contribution in [-0.4, -0.2) is 35.7 Å². The van der Waals surface area contributed by atoms with E-state index in [9.17, 15) is 4.79 Å². The first kappa shape index (κ1) is 20.2. The predicted molar refractivity (Wildman–Crippen MR) is 97.0 cm³/mol. The maximum Gasteiger partial charge on any atom is 0.407 e. The molecule has 0 aliphatic carbocycles. The van der Waals surface area contributed by atoms with Gasteiger partial charge < -0.3 is 15.4 Å². The van der Waals surface area contributed by atoms with Crippen molar-refractivity contribution in [2.45, 2.75) is 45.6 Å². The van der Waals surface area contributed by atoms with E-state index in [1.54, 1.807) is 24.5 Å². The zero-order valence-electron chi connectivity index (χ0n) is 15.0. The Kier molecular flexibility index (Phi) is 8.79. The van der Waals surface area contributed by atoms with Crippen LogP contribution in [0.5, 0.6) is 0 Å². The molecule has 1 heterocycles. The highest BCUT2D eigenvalue weighted by Gasteiger charge is 2.15. The number of amides is 1. The Bertz CT molecular complexity index is 589. The normalized spacial score (nSPS) is 11.4. The number of nitriles is 1. The van der Waals surface area contributed by atoms with Gasteiger partial charge in [0.15, 0.2) is 6.19 Å². The number of hydrogen-bond donors (Lipinski definition) is 3. The van der Waals surface area contributed by atoms with Gasteiger partial charge in [0.25, 0.3) is 0 Å². The van der Waals surface area contributed by atoms with Crippen molar-refractivity contribution in [1.82, 2.24) is 15.6 Å². The number of guanidine groups is 1. The van der Waals surface area contributed by atoms with Gasteiger partial charge in [0, 0.05) is 31.2 Å². The number of carbonyl (C=O) groups excluding carboxylic acids is 1. The molecule has 3 N–H and O–H groups in total. The van der Waals surface area contributed by atoms with Crippen LogP contribution in [0.15, 0.2) is 29.5 Å². The number of carbonyl (C=O) groups is 1. The van der Waals surface area contributed by atoms with Crippen molar-refractivity contribution in [2.24, 2.45) is 4.99 Å². The van der Waals surface area contributed by atoms with Crippen molar-refractivity contribution in [3.8, 4) is 6.19 Å². The van der Waals surface area contributed by atoms with Crippen LogP contribution < -0.4 is 16.0 Å². The Morgan fingerprint density at radius 1 is 1.28 bits per heavy atom. The highest BCUT2D eigenvalue weighted by atomic mass is 16.6. The van der Waals surface area contributed by atoms with Gasteiger partial charge in [-0.25, -0.2) is 4.79 Å². The summed E-state index contributed by atoms with van der Waals surface area (Å²) in [5.41, 5.74) is 0.322. The van der Waals surface area contributed by atoms with E-state index in [4.69, 9.17) is 10.00 Å². The molecule has 8 nitrogen and oxygen atoms in total. The second kappa shape index (κ2) is 10.9. The van der Waals surface area contributed by atoms with Crippen molar-refractivity contribution in [2.75, 3.05) is 18.4 Å². The molecule has 0 unspecified atom stereocenters. The molecule has 1 aromatic rings. The molecule has 1 amide bonds. The van der Waals surface area contributed by atoms with Gasteiger partial charge in [0.2, 0.25) is 5.96 Å². The standard InChI is InChI=1S/C17H26N6O2/c1-17(2,3)25-16(24)21-10-6-4-5-9-20-15(22-13-18)23-14-7-11-19-12-8-14/h7-8,11-12H,4-6,9-10H2,1-3H3,(H,21,24)(H2,19,20,22,23). The highest BCUT2D eigenvalue weighted by Crippen LogP contribution is 2.06. The first-order valence-corrected chi connectivity index (χ1v) is 8.24. The molecule has 8 heteroatoms. The van der Waals surface area contributed by atoms with Gasteiger partial charge in [-0.1, -0.05) is 0 Å². The van der Waals surface area contributed by atoms with Crippen LogP contribution in [0.25, 0.3) is 0 Å². The summed E-state index contributed by atoms with van der Waals surface area (Å²) in [6.07, 6.45) is 7.38. The third-order valence-electron chi connectivity index (χ3n) is 2.89. The van der Waals surface area contributed by atoms with Gasteiger partial charge in [-0.15, -0.1) is 0 Å². The average Bonchev–Trinajstić information content (AvgIpc) is 2.53. The zero-order chi connectivity index (χ0) is 18.5. The molecule has 0 atom stereocenters. The minimum atomic E-state index is -0.481. The molecule has 1 aromatic heterocycles. The van der Waals surface area contributed by atoms with Gasteiger partial charge in [-0.05, 0) is 52.2 Å². The molecular weight excluding hydrogens is 320 g/mol. The van der Waals surface area contributed by atoms with Crippen LogP contribution in [-0.2, 0) is 4.74 Å². The number of ether oxygens (including phenoxy) is 1. The summed E-state index contributed by atoms with van der Waals surface area (Å²) in [7, 11) is 0. The highest BCUT2D eigenvalue weighted by molar-refractivity contribution is 5.94. The van der Waals surface area contributed by atoms with Crippen LogP contribution in [0.4, 0.5) is 10.5 Å². The molecule has 0 aliphatic heterocycles. The van der Waals surface area contributed by atoms with E-state index in [-0.39, 0.29) is 0 Å². The van der Waals surface area contributed by atoms with Gasteiger partial charge in [0.05, 0.1) is 0 Å². The second-order valence-corrected chi connectivity index (χ2v) is 6.32. The number of alkyl carbamates (subject to hydrolysis) is 1. The number of hydrogen-bond acceptors (Lipinski definition) is 5. The number of nitrogens with zero attached hydrogens (tertiary/aromatic N) is 3. The summed E-state index contributed by atoms with van der Waals surface area (Å²) in [5, 5.41) is 17.0. The van der Waals surface area contributed by atoms with Gasteiger partial charge in [-0.3, -0.25) is 15.3 Å². The maximum absolute atomic E-state index is 11.5. The summed E-state index contributed by atoms with van der Waals surface area (Å²) in [5.74, 6) is 0.403. The molecule has 1 rings (SSSR count). The lowest BCUT2D eigenvalue weighted by Gasteiger charge is -2.19. The van der Waals surface area contributed by atoms with Crippen LogP contribution >= 0.6 is 0 Å². The number of rotatable bonds is 7. The second-order valence-electron chi connectivity index (χ2n) is 6.32.